The van der Waals surface area contributed by atoms with Crippen LogP contribution in [0.4, 0.5) is 5.82 Å². The molecule has 0 radical (unpaired) electrons. The monoisotopic (exact) mass is 472 g/mol. The molecule has 2 heterocycles. The Bertz CT molecular complexity index is 1240. The largest absolute Gasteiger partial charge is 0.490 e. The number of benzene rings is 2. The van der Waals surface area contributed by atoms with Crippen molar-refractivity contribution in [1.82, 2.24) is 9.88 Å². The Labute approximate surface area is 204 Å². The molecule has 0 spiro atoms. The average molecular weight is 473 g/mol. The van der Waals surface area contributed by atoms with Crippen LogP contribution in [0.15, 0.2) is 71.9 Å². The lowest BCUT2D eigenvalue weighted by Crippen LogP contribution is -2.35. The Kier molecular flexibility index (Phi) is 7.80. The molecule has 6 nitrogen and oxygen atoms in total. The van der Waals surface area contributed by atoms with E-state index in [1.807, 2.05) is 43.3 Å². The molecule has 2 aromatic carbocycles. The van der Waals surface area contributed by atoms with Crippen molar-refractivity contribution in [3.8, 4) is 5.75 Å². The summed E-state index contributed by atoms with van der Waals surface area (Å²) in [6, 6.07) is 14.8. The van der Waals surface area contributed by atoms with Crippen molar-refractivity contribution in [3.63, 3.8) is 0 Å². The highest BCUT2D eigenvalue weighted by Crippen LogP contribution is 2.23. The number of anilines is 1. The SMILES string of the molecule is CC=C=CSC(=N)c1ccc2cnc(NC(=O)c3ccc(OC4CCN(C)CC4)cc3)cc2c1. The fourth-order valence-electron chi connectivity index (χ4n) is 3.75. The molecular formula is C27H28N4O2S. The molecule has 1 saturated heterocycles. The summed E-state index contributed by atoms with van der Waals surface area (Å²) >= 11 is 1.30. The van der Waals surface area contributed by atoms with E-state index in [1.165, 1.54) is 11.8 Å². The van der Waals surface area contributed by atoms with Gasteiger partial charge in [-0.3, -0.25) is 10.2 Å². The van der Waals surface area contributed by atoms with Gasteiger partial charge >= 0.3 is 0 Å². The maximum atomic E-state index is 12.8. The van der Waals surface area contributed by atoms with Gasteiger partial charge in [0.2, 0.25) is 0 Å². The maximum absolute atomic E-state index is 12.8. The van der Waals surface area contributed by atoms with Gasteiger partial charge in [-0.15, -0.1) is 5.73 Å². The van der Waals surface area contributed by atoms with Crippen LogP contribution in [0.5, 0.6) is 5.75 Å². The number of piperidine rings is 1. The maximum Gasteiger partial charge on any atom is 0.256 e. The highest BCUT2D eigenvalue weighted by molar-refractivity contribution is 8.16. The molecular weight excluding hydrogens is 444 g/mol. The lowest BCUT2D eigenvalue weighted by molar-refractivity contribution is 0.102. The molecule has 1 aromatic heterocycles. The van der Waals surface area contributed by atoms with Gasteiger partial charge in [-0.05, 0) is 74.7 Å². The number of nitrogens with one attached hydrogen (secondary N) is 2. The van der Waals surface area contributed by atoms with Crippen molar-refractivity contribution in [2.45, 2.75) is 25.9 Å². The minimum atomic E-state index is -0.228. The topological polar surface area (TPSA) is 78.3 Å². The molecule has 0 saturated carbocycles. The van der Waals surface area contributed by atoms with Gasteiger partial charge in [0.15, 0.2) is 0 Å². The van der Waals surface area contributed by atoms with Gasteiger partial charge in [0.05, 0.1) is 5.04 Å². The Hall–Kier alpha value is -3.38. The molecule has 34 heavy (non-hydrogen) atoms. The minimum absolute atomic E-state index is 0.224. The van der Waals surface area contributed by atoms with Crippen LogP contribution in [0.2, 0.25) is 0 Å². The van der Waals surface area contributed by atoms with Gasteiger partial charge < -0.3 is 15.0 Å². The summed E-state index contributed by atoms with van der Waals surface area (Å²) in [6.07, 6.45) is 5.78. The molecule has 0 bridgehead atoms. The first-order valence-corrected chi connectivity index (χ1v) is 12.2. The summed E-state index contributed by atoms with van der Waals surface area (Å²) in [4.78, 5) is 19.4. The third kappa shape index (κ3) is 6.14. The summed E-state index contributed by atoms with van der Waals surface area (Å²) in [7, 11) is 2.13. The number of carbonyl (C=O) groups is 1. The first-order chi connectivity index (χ1) is 16.5. The Balaban J connectivity index is 1.41. The number of thioether (sulfide) groups is 1. The molecule has 1 aliphatic heterocycles. The third-order valence-electron chi connectivity index (χ3n) is 5.72. The normalized spacial score (nSPS) is 14.3. The van der Waals surface area contributed by atoms with Crippen molar-refractivity contribution >= 4 is 39.3 Å². The molecule has 0 unspecified atom stereocenters. The van der Waals surface area contributed by atoms with Crippen LogP contribution in [-0.4, -0.2) is 47.1 Å². The molecule has 1 aliphatic rings. The summed E-state index contributed by atoms with van der Waals surface area (Å²) in [5, 5.41) is 15.2. The molecule has 4 rings (SSSR count). The van der Waals surface area contributed by atoms with Gasteiger partial charge in [0, 0.05) is 41.2 Å². The van der Waals surface area contributed by atoms with Crippen molar-refractivity contribution < 1.29 is 9.53 Å². The lowest BCUT2D eigenvalue weighted by Gasteiger charge is -2.29. The van der Waals surface area contributed by atoms with Crippen molar-refractivity contribution in [1.29, 1.82) is 5.41 Å². The number of ether oxygens (including phenoxy) is 1. The van der Waals surface area contributed by atoms with E-state index in [9.17, 15) is 4.79 Å². The standard InChI is InChI=1S/C27H28N4O2S/c1-3-4-15-34-26(28)20-5-6-21-18-29-25(17-22(21)16-20)30-27(32)19-7-9-23(10-8-19)33-24-11-13-31(2)14-12-24/h3,5-10,15-18,24,28H,11-14H2,1-2H3,(H,29,30,32). The van der Waals surface area contributed by atoms with Crippen molar-refractivity contribution in [2.75, 3.05) is 25.5 Å². The van der Waals surface area contributed by atoms with Crippen LogP contribution >= 0.6 is 11.8 Å². The van der Waals surface area contributed by atoms with Gasteiger partial charge in [0.1, 0.15) is 17.7 Å². The highest BCUT2D eigenvalue weighted by Gasteiger charge is 2.18. The van der Waals surface area contributed by atoms with E-state index < -0.39 is 0 Å². The summed E-state index contributed by atoms with van der Waals surface area (Å²) in [5.41, 5.74) is 4.31. The second-order valence-electron chi connectivity index (χ2n) is 8.25. The van der Waals surface area contributed by atoms with Gasteiger partial charge in [-0.2, -0.15) is 0 Å². The average Bonchev–Trinajstić information content (AvgIpc) is 2.85. The van der Waals surface area contributed by atoms with E-state index in [1.54, 1.807) is 29.8 Å². The molecule has 1 amide bonds. The van der Waals surface area contributed by atoms with Crippen LogP contribution in [0.25, 0.3) is 10.8 Å². The number of nitrogens with zero attached hydrogens (tertiary/aromatic N) is 2. The smallest absolute Gasteiger partial charge is 0.256 e. The molecule has 7 heteroatoms. The van der Waals surface area contributed by atoms with Gasteiger partial charge in [-0.25, -0.2) is 4.98 Å². The summed E-state index contributed by atoms with van der Waals surface area (Å²) < 4.78 is 6.07. The summed E-state index contributed by atoms with van der Waals surface area (Å²) in [6.45, 7) is 3.97. The Morgan fingerprint density at radius 1 is 1.15 bits per heavy atom. The highest BCUT2D eigenvalue weighted by atomic mass is 32.2. The molecule has 0 aliphatic carbocycles. The number of rotatable bonds is 6. The third-order valence-corrected chi connectivity index (χ3v) is 6.45. The van der Waals surface area contributed by atoms with Crippen LogP contribution < -0.4 is 10.1 Å². The summed E-state index contributed by atoms with van der Waals surface area (Å²) in [5.74, 6) is 1.02. The van der Waals surface area contributed by atoms with E-state index in [4.69, 9.17) is 10.1 Å². The number of hydrogen-bond acceptors (Lipinski definition) is 6. The Morgan fingerprint density at radius 3 is 2.62 bits per heavy atom. The number of pyridine rings is 1. The lowest BCUT2D eigenvalue weighted by atomic mass is 10.1. The van der Waals surface area contributed by atoms with E-state index in [-0.39, 0.29) is 12.0 Å². The number of fused-ring (bicyclic) bond motifs is 1. The van der Waals surface area contributed by atoms with E-state index in [2.05, 4.69) is 28.0 Å². The number of carbonyl (C=O) groups excluding carboxylic acids is 1. The van der Waals surface area contributed by atoms with Crippen LogP contribution in [0, 0.1) is 5.41 Å². The first kappa shape index (κ1) is 23.8. The molecule has 1 fully saturated rings. The molecule has 2 N–H and O–H groups in total. The minimum Gasteiger partial charge on any atom is -0.490 e. The van der Waals surface area contributed by atoms with E-state index in [0.29, 0.717) is 16.4 Å². The number of hydrogen-bond donors (Lipinski definition) is 2. The quantitative estimate of drug-likeness (QED) is 0.273. The second-order valence-corrected chi connectivity index (χ2v) is 9.13. The predicted octanol–water partition coefficient (Wildman–Crippen LogP) is 5.71. The molecule has 3 aromatic rings. The van der Waals surface area contributed by atoms with Crippen molar-refractivity contribution in [3.05, 3.63) is 83.1 Å². The van der Waals surface area contributed by atoms with Crippen LogP contribution in [0.1, 0.15) is 35.7 Å². The van der Waals surface area contributed by atoms with Crippen LogP contribution in [0.3, 0.4) is 0 Å². The predicted molar refractivity (Wildman–Crippen MR) is 140 cm³/mol. The molecule has 0 atom stereocenters. The van der Waals surface area contributed by atoms with Crippen molar-refractivity contribution in [2.24, 2.45) is 0 Å². The molecule has 174 valence electrons. The Morgan fingerprint density at radius 2 is 1.88 bits per heavy atom. The fraction of sp³-hybridized carbons (Fsp3) is 0.259. The van der Waals surface area contributed by atoms with Gasteiger partial charge in [-0.1, -0.05) is 23.9 Å². The van der Waals surface area contributed by atoms with E-state index >= 15 is 0 Å². The fourth-order valence-corrected chi connectivity index (χ4v) is 4.33. The number of amides is 1. The van der Waals surface area contributed by atoms with Crippen LogP contribution in [-0.2, 0) is 0 Å². The number of aromatic nitrogens is 1. The zero-order valence-corrected chi connectivity index (χ0v) is 20.2. The second kappa shape index (κ2) is 11.2. The van der Waals surface area contributed by atoms with Gasteiger partial charge in [0.25, 0.3) is 5.91 Å². The zero-order chi connectivity index (χ0) is 23.9. The first-order valence-electron chi connectivity index (χ1n) is 11.3. The zero-order valence-electron chi connectivity index (χ0n) is 19.4. The van der Waals surface area contributed by atoms with E-state index in [0.717, 1.165) is 48.0 Å². The number of likely N-dealkylation sites (tertiary alicyclic amines) is 1. The number of allylic oxidation sites excluding steroid dienone is 1.